The van der Waals surface area contributed by atoms with Crippen LogP contribution in [-0.4, -0.2) is 7.05 Å². The first-order chi connectivity index (χ1) is 12.8. The Labute approximate surface area is 189 Å². The molecule has 0 saturated carbocycles. The van der Waals surface area contributed by atoms with Gasteiger partial charge in [0, 0.05) is 32.9 Å². The average Bonchev–Trinajstić information content (AvgIpc) is 2.73. The van der Waals surface area contributed by atoms with E-state index in [9.17, 15) is 25.2 Å². The van der Waals surface area contributed by atoms with Crippen LogP contribution in [0.3, 0.4) is 0 Å². The Morgan fingerprint density at radius 2 is 1.27 bits per heavy atom. The van der Waals surface area contributed by atoms with E-state index in [0.717, 1.165) is 6.54 Å². The average molecular weight is 634 g/mol. The number of allylic oxidation sites excluding steroid dienone is 4. The summed E-state index contributed by atoms with van der Waals surface area (Å²) in [5, 5.41) is 10.4. The van der Waals surface area contributed by atoms with Crippen LogP contribution in [0, 0.1) is 23.3 Å². The van der Waals surface area contributed by atoms with Gasteiger partial charge in [-0.25, -0.2) is 0 Å². The minimum Gasteiger partial charge on any atom is 0 e. The molecule has 1 aliphatic rings. The van der Waals surface area contributed by atoms with Crippen LogP contribution in [0.1, 0.15) is 47.1 Å². The number of hydrogen-bond acceptors (Lipinski definition) is 2. The molecular formula is C20H28F6IrN2P-2. The minimum absolute atomic E-state index is 0. The van der Waals surface area contributed by atoms with Gasteiger partial charge in [-0.2, -0.15) is 35.6 Å². The van der Waals surface area contributed by atoms with Crippen molar-refractivity contribution in [2.24, 2.45) is 0 Å². The van der Waals surface area contributed by atoms with E-state index < -0.39 is 7.81 Å². The van der Waals surface area contributed by atoms with Crippen LogP contribution in [0.4, 0.5) is 25.2 Å². The fourth-order valence-electron chi connectivity index (χ4n) is 2.14. The Kier molecular flexibility index (Phi) is 14.1. The first-order valence-electron chi connectivity index (χ1n) is 8.52. The molecule has 0 aliphatic heterocycles. The van der Waals surface area contributed by atoms with E-state index in [1.807, 2.05) is 25.2 Å². The molecule has 30 heavy (non-hydrogen) atoms. The zero-order chi connectivity index (χ0) is 23.5. The van der Waals surface area contributed by atoms with E-state index >= 15 is 0 Å². The topological polar surface area (TPSA) is 35.8 Å². The summed E-state index contributed by atoms with van der Waals surface area (Å²) < 4.78 is 59.2. The van der Waals surface area contributed by atoms with Crippen LogP contribution in [-0.2, 0) is 26.7 Å². The van der Waals surface area contributed by atoms with Crippen LogP contribution in [0.25, 0.3) is 0 Å². The molecule has 0 amide bonds. The van der Waals surface area contributed by atoms with Crippen molar-refractivity contribution < 1.29 is 45.3 Å². The molecule has 2 radical (unpaired) electrons. The second-order valence-electron chi connectivity index (χ2n) is 6.23. The van der Waals surface area contributed by atoms with Crippen molar-refractivity contribution in [3.05, 3.63) is 64.1 Å². The summed E-state index contributed by atoms with van der Waals surface area (Å²) in [6.45, 7) is 13.3. The van der Waals surface area contributed by atoms with Gasteiger partial charge in [0.05, 0.1) is 6.07 Å². The molecule has 2 rings (SSSR count). The maximum absolute atomic E-state index is 10.7. The van der Waals surface area contributed by atoms with E-state index in [-0.39, 0.29) is 20.1 Å². The first-order valence-corrected chi connectivity index (χ1v) is 10.6. The number of halogens is 6. The standard InChI is InChI=1S/C10H15.C8H10N.C2H3N.F6P.Ir/c1-6-7(2)9(4)10(5)8(6)3;1-9-7-8-5-3-2-4-6-8;1-2-3;1-7(2,3,4,5)6;/h1-5H3;2-5,9H,7H2,1H3;1H3;;/q;-1;;-1;. The van der Waals surface area contributed by atoms with Crippen molar-refractivity contribution in [1.82, 2.24) is 5.32 Å². The Morgan fingerprint density at radius 1 is 0.900 bits per heavy atom. The summed E-state index contributed by atoms with van der Waals surface area (Å²) >= 11 is 0. The molecule has 1 aromatic rings. The van der Waals surface area contributed by atoms with Gasteiger partial charge in [-0.3, -0.25) is 0 Å². The third kappa shape index (κ3) is 20.1. The van der Waals surface area contributed by atoms with E-state index in [1.165, 1.54) is 40.7 Å². The van der Waals surface area contributed by atoms with Gasteiger partial charge in [-0.1, -0.05) is 18.1 Å². The van der Waals surface area contributed by atoms with Gasteiger partial charge < -0.3 is 5.32 Å². The predicted octanol–water partition coefficient (Wildman–Crippen LogP) is 8.38. The fraction of sp³-hybridized carbons (Fsp3) is 0.400. The zero-order valence-corrected chi connectivity index (χ0v) is 21.3. The largest absolute Gasteiger partial charge is 0 e. The fourth-order valence-corrected chi connectivity index (χ4v) is 2.14. The molecule has 0 fully saturated rings. The number of nitrogens with one attached hydrogen (secondary N) is 1. The van der Waals surface area contributed by atoms with Gasteiger partial charge >= 0.3 is 33.0 Å². The predicted molar refractivity (Wildman–Crippen MR) is 109 cm³/mol. The van der Waals surface area contributed by atoms with Crippen LogP contribution < -0.4 is 5.32 Å². The van der Waals surface area contributed by atoms with Gasteiger partial charge in [0.15, 0.2) is 0 Å². The van der Waals surface area contributed by atoms with Crippen LogP contribution in [0.15, 0.2) is 46.6 Å². The molecule has 1 N–H and O–H groups in total. The van der Waals surface area contributed by atoms with Gasteiger partial charge in [0.25, 0.3) is 0 Å². The first kappa shape index (κ1) is 33.4. The van der Waals surface area contributed by atoms with Crippen LogP contribution >= 0.6 is 7.81 Å². The number of nitriles is 1. The third-order valence-electron chi connectivity index (χ3n) is 3.95. The maximum Gasteiger partial charge on any atom is 0 e. The van der Waals surface area contributed by atoms with Crippen molar-refractivity contribution in [3.63, 3.8) is 0 Å². The molecule has 2 nitrogen and oxygen atoms in total. The summed E-state index contributed by atoms with van der Waals surface area (Å²) in [6.07, 6.45) is 0. The SMILES string of the molecule is CC#N.CNCc1[c-]cccc1.C[C]1C(C)=C(C)C(C)=C1C.F[P-](F)(F)(F)(F)F.[Ir]. The van der Waals surface area contributed by atoms with Crippen molar-refractivity contribution in [3.8, 4) is 6.07 Å². The molecular weight excluding hydrogens is 605 g/mol. The maximum atomic E-state index is 9.87. The molecule has 10 heteroatoms. The van der Waals surface area contributed by atoms with Crippen molar-refractivity contribution in [2.75, 3.05) is 7.05 Å². The molecule has 1 aromatic carbocycles. The zero-order valence-electron chi connectivity index (χ0n) is 18.0. The number of rotatable bonds is 2. The van der Waals surface area contributed by atoms with E-state index in [2.05, 4.69) is 52.1 Å². The Balaban J connectivity index is -0.000000341. The normalized spacial score (nSPS) is 15.6. The smallest absolute Gasteiger partial charge is 0 e. The molecule has 0 spiro atoms. The third-order valence-corrected chi connectivity index (χ3v) is 3.95. The molecule has 0 heterocycles. The molecule has 0 unspecified atom stereocenters. The van der Waals surface area contributed by atoms with Crippen molar-refractivity contribution >= 4 is 7.81 Å². The molecule has 1 aliphatic carbocycles. The summed E-state index contributed by atoms with van der Waals surface area (Å²) in [4.78, 5) is 0. The summed E-state index contributed by atoms with van der Waals surface area (Å²) in [6, 6.07) is 12.8. The Morgan fingerprint density at radius 3 is 1.47 bits per heavy atom. The quantitative estimate of drug-likeness (QED) is 0.202. The van der Waals surface area contributed by atoms with E-state index in [1.54, 1.807) is 6.07 Å². The molecule has 0 atom stereocenters. The van der Waals surface area contributed by atoms with Gasteiger partial charge in [0.2, 0.25) is 0 Å². The van der Waals surface area contributed by atoms with Gasteiger partial charge in [0.1, 0.15) is 0 Å². The second kappa shape index (κ2) is 12.6. The van der Waals surface area contributed by atoms with Crippen molar-refractivity contribution in [2.45, 2.75) is 48.1 Å². The van der Waals surface area contributed by atoms with E-state index in [4.69, 9.17) is 5.26 Å². The Hall–Kier alpha value is -1.19. The second-order valence-corrected chi connectivity index (χ2v) is 8.14. The summed E-state index contributed by atoms with van der Waals surface area (Å²) in [7, 11) is -8.73. The summed E-state index contributed by atoms with van der Waals surface area (Å²) in [5.41, 5.74) is 7.08. The number of nitrogens with zero attached hydrogens (tertiary/aromatic N) is 1. The van der Waals surface area contributed by atoms with E-state index in [0.29, 0.717) is 0 Å². The van der Waals surface area contributed by atoms with Crippen LogP contribution in [0.2, 0.25) is 0 Å². The summed E-state index contributed by atoms with van der Waals surface area (Å²) in [5.74, 6) is 1.47. The molecule has 176 valence electrons. The monoisotopic (exact) mass is 634 g/mol. The minimum atomic E-state index is -10.7. The molecule has 0 aromatic heterocycles. The Bertz CT molecular complexity index is 716. The molecule has 0 bridgehead atoms. The van der Waals surface area contributed by atoms with Crippen LogP contribution in [0.5, 0.6) is 0 Å². The van der Waals surface area contributed by atoms with Crippen molar-refractivity contribution in [1.29, 1.82) is 5.26 Å². The molecule has 0 saturated heterocycles. The van der Waals surface area contributed by atoms with Gasteiger partial charge in [-0.05, 0) is 52.4 Å². The number of hydrogen-bond donors (Lipinski definition) is 1. The van der Waals surface area contributed by atoms with Gasteiger partial charge in [-0.15, -0.1) is 5.56 Å². The number of benzene rings is 1.